The van der Waals surface area contributed by atoms with Gasteiger partial charge in [0.1, 0.15) is 0 Å². The van der Waals surface area contributed by atoms with Crippen molar-refractivity contribution < 1.29 is 4.79 Å². The van der Waals surface area contributed by atoms with Crippen LogP contribution in [0.15, 0.2) is 36.4 Å². The van der Waals surface area contributed by atoms with Gasteiger partial charge in [0.2, 0.25) is 5.78 Å². The molecule has 1 aromatic heterocycles. The van der Waals surface area contributed by atoms with Gasteiger partial charge in [-0.15, -0.1) is 11.3 Å². The fourth-order valence-electron chi connectivity index (χ4n) is 1.18. The quantitative estimate of drug-likeness (QED) is 0.586. The number of hydrogen-bond acceptors (Lipinski definition) is 2. The number of rotatable bonds is 2. The smallest absolute Gasteiger partial charge is 0.202 e. The first kappa shape index (κ1) is 11.1. The molecule has 0 radical (unpaired) electrons. The second-order valence-corrected chi connectivity index (χ2v) is 5.90. The van der Waals surface area contributed by atoms with E-state index in [-0.39, 0.29) is 5.78 Å². The molecule has 4 heteroatoms. The molecule has 2 aromatic rings. The van der Waals surface area contributed by atoms with Gasteiger partial charge in [-0.2, -0.15) is 0 Å². The molecule has 1 nitrogen and oxygen atoms in total. The summed E-state index contributed by atoms with van der Waals surface area (Å²) in [6.07, 6.45) is 0. The maximum absolute atomic E-state index is 11.9. The monoisotopic (exact) mass is 348 g/mol. The summed E-state index contributed by atoms with van der Waals surface area (Å²) in [7, 11) is 0. The van der Waals surface area contributed by atoms with Crippen molar-refractivity contribution in [1.82, 2.24) is 0 Å². The number of carbonyl (C=O) groups excluding carboxylic acids is 1. The van der Waals surface area contributed by atoms with Gasteiger partial charge in [0.25, 0.3) is 0 Å². The van der Waals surface area contributed by atoms with E-state index in [1.165, 1.54) is 11.3 Å². The predicted octanol–water partition coefficient (Wildman–Crippen LogP) is 4.24. The van der Waals surface area contributed by atoms with Crippen molar-refractivity contribution in [3.05, 3.63) is 54.7 Å². The van der Waals surface area contributed by atoms with Crippen molar-refractivity contribution in [2.45, 2.75) is 0 Å². The third-order valence-corrected chi connectivity index (χ3v) is 3.85. The van der Waals surface area contributed by atoms with Crippen molar-refractivity contribution in [2.75, 3.05) is 0 Å². The highest BCUT2D eigenvalue weighted by Crippen LogP contribution is 2.24. The van der Waals surface area contributed by atoms with Crippen molar-refractivity contribution in [3.8, 4) is 0 Å². The van der Waals surface area contributed by atoms with Crippen molar-refractivity contribution >= 4 is 51.3 Å². The van der Waals surface area contributed by atoms with Crippen LogP contribution >= 0.6 is 45.5 Å². The first-order valence-electron chi connectivity index (χ1n) is 4.22. The number of carbonyl (C=O) groups is 1. The lowest BCUT2D eigenvalue weighted by molar-refractivity contribution is 0.104. The first-order chi connectivity index (χ1) is 7.16. The van der Waals surface area contributed by atoms with Crippen LogP contribution in [0.2, 0.25) is 4.34 Å². The third-order valence-electron chi connectivity index (χ3n) is 1.90. The zero-order valence-electron chi connectivity index (χ0n) is 7.54. The minimum Gasteiger partial charge on any atom is -0.288 e. The van der Waals surface area contributed by atoms with Crippen LogP contribution in [-0.2, 0) is 0 Å². The minimum absolute atomic E-state index is 0.0308. The number of ketones is 1. The fourth-order valence-corrected chi connectivity index (χ4v) is 2.54. The predicted molar refractivity (Wildman–Crippen MR) is 71.9 cm³/mol. The van der Waals surface area contributed by atoms with E-state index in [0.29, 0.717) is 14.8 Å². The molecule has 0 saturated carbocycles. The fraction of sp³-hybridized carbons (Fsp3) is 0. The van der Waals surface area contributed by atoms with E-state index in [9.17, 15) is 4.79 Å². The maximum atomic E-state index is 11.9. The molecule has 0 saturated heterocycles. The Kier molecular flexibility index (Phi) is 3.43. The van der Waals surface area contributed by atoms with Gasteiger partial charge in [-0.1, -0.05) is 11.6 Å². The summed E-state index contributed by atoms with van der Waals surface area (Å²) in [6, 6.07) is 11.0. The minimum atomic E-state index is 0.0308. The van der Waals surface area contributed by atoms with Gasteiger partial charge in [-0.3, -0.25) is 4.79 Å². The second-order valence-electron chi connectivity index (χ2n) is 2.94. The molecule has 0 N–H and O–H groups in total. The Morgan fingerprint density at radius 3 is 2.33 bits per heavy atom. The molecule has 2 rings (SSSR count). The topological polar surface area (TPSA) is 17.1 Å². The molecule has 0 unspecified atom stereocenters. The lowest BCUT2D eigenvalue weighted by Crippen LogP contribution is -1.97. The number of thiophene rings is 1. The summed E-state index contributed by atoms with van der Waals surface area (Å²) < 4.78 is 1.76. The normalized spacial score (nSPS) is 10.3. The van der Waals surface area contributed by atoms with Gasteiger partial charge in [-0.05, 0) is 59.0 Å². The Hall–Kier alpha value is -0.390. The van der Waals surface area contributed by atoms with Crippen LogP contribution in [-0.4, -0.2) is 5.78 Å². The molecular weight excluding hydrogens is 343 g/mol. The standard InChI is InChI=1S/C11H6ClIOS/c12-10-6-5-9(15-10)11(14)7-1-3-8(13)4-2-7/h1-6H. The zero-order chi connectivity index (χ0) is 10.8. The summed E-state index contributed by atoms with van der Waals surface area (Å²) in [5.74, 6) is 0.0308. The van der Waals surface area contributed by atoms with Gasteiger partial charge in [0.05, 0.1) is 9.21 Å². The lowest BCUT2D eigenvalue weighted by Gasteiger charge is -1.97. The van der Waals surface area contributed by atoms with Crippen LogP contribution in [0, 0.1) is 3.57 Å². The Labute approximate surface area is 110 Å². The second kappa shape index (κ2) is 4.63. The van der Waals surface area contributed by atoms with E-state index in [4.69, 9.17) is 11.6 Å². The average Bonchev–Trinajstić information content (AvgIpc) is 2.65. The Morgan fingerprint density at radius 1 is 1.13 bits per heavy atom. The van der Waals surface area contributed by atoms with Crippen LogP contribution in [0.5, 0.6) is 0 Å². The highest BCUT2D eigenvalue weighted by molar-refractivity contribution is 14.1. The van der Waals surface area contributed by atoms with E-state index in [1.54, 1.807) is 12.1 Å². The molecule has 0 aliphatic rings. The molecule has 1 heterocycles. The molecule has 1 aromatic carbocycles. The van der Waals surface area contributed by atoms with Crippen molar-refractivity contribution in [2.24, 2.45) is 0 Å². The number of hydrogen-bond donors (Lipinski definition) is 0. The highest BCUT2D eigenvalue weighted by atomic mass is 127. The molecule has 0 aliphatic heterocycles. The summed E-state index contributed by atoms with van der Waals surface area (Å²) in [4.78, 5) is 12.6. The number of benzene rings is 1. The summed E-state index contributed by atoms with van der Waals surface area (Å²) in [5.41, 5.74) is 0.703. The van der Waals surface area contributed by atoms with Crippen molar-refractivity contribution in [3.63, 3.8) is 0 Å². The maximum Gasteiger partial charge on any atom is 0.202 e. The van der Waals surface area contributed by atoms with E-state index in [2.05, 4.69) is 22.6 Å². The average molecular weight is 349 g/mol. The number of halogens is 2. The van der Waals surface area contributed by atoms with Gasteiger partial charge >= 0.3 is 0 Å². The zero-order valence-corrected chi connectivity index (χ0v) is 11.3. The molecule has 0 amide bonds. The van der Waals surface area contributed by atoms with Crippen LogP contribution in [0.3, 0.4) is 0 Å². The molecule has 15 heavy (non-hydrogen) atoms. The van der Waals surface area contributed by atoms with Crippen LogP contribution in [0.1, 0.15) is 15.2 Å². The largest absolute Gasteiger partial charge is 0.288 e. The Bertz CT molecular complexity index is 490. The Morgan fingerprint density at radius 2 is 1.80 bits per heavy atom. The first-order valence-corrected chi connectivity index (χ1v) is 6.50. The molecular formula is C11H6ClIOS. The summed E-state index contributed by atoms with van der Waals surface area (Å²) in [5, 5.41) is 0. The summed E-state index contributed by atoms with van der Waals surface area (Å²) >= 11 is 9.30. The molecule has 0 fully saturated rings. The van der Waals surface area contributed by atoms with Gasteiger partial charge in [0, 0.05) is 9.13 Å². The molecule has 0 spiro atoms. The molecule has 0 aliphatic carbocycles. The summed E-state index contributed by atoms with van der Waals surface area (Å²) in [6.45, 7) is 0. The van der Waals surface area contributed by atoms with Crippen LogP contribution in [0.25, 0.3) is 0 Å². The Balaban J connectivity index is 2.32. The van der Waals surface area contributed by atoms with Crippen LogP contribution < -0.4 is 0 Å². The van der Waals surface area contributed by atoms with E-state index in [0.717, 1.165) is 3.57 Å². The lowest BCUT2D eigenvalue weighted by atomic mass is 10.1. The van der Waals surface area contributed by atoms with Gasteiger partial charge in [0.15, 0.2) is 0 Å². The van der Waals surface area contributed by atoms with E-state index >= 15 is 0 Å². The highest BCUT2D eigenvalue weighted by Gasteiger charge is 2.10. The molecule has 0 bridgehead atoms. The van der Waals surface area contributed by atoms with Gasteiger partial charge in [-0.25, -0.2) is 0 Å². The SMILES string of the molecule is O=C(c1ccc(I)cc1)c1ccc(Cl)s1. The van der Waals surface area contributed by atoms with E-state index < -0.39 is 0 Å². The molecule has 76 valence electrons. The van der Waals surface area contributed by atoms with E-state index in [1.807, 2.05) is 24.3 Å². The molecule has 0 atom stereocenters. The van der Waals surface area contributed by atoms with Crippen molar-refractivity contribution in [1.29, 1.82) is 0 Å². The van der Waals surface area contributed by atoms with Gasteiger partial charge < -0.3 is 0 Å². The van der Waals surface area contributed by atoms with Crippen LogP contribution in [0.4, 0.5) is 0 Å². The third kappa shape index (κ3) is 2.59.